The third-order valence-corrected chi connectivity index (χ3v) is 2.95. The summed E-state index contributed by atoms with van der Waals surface area (Å²) < 4.78 is 4.49. The Morgan fingerprint density at radius 3 is 2.05 bits per heavy atom. The van der Waals surface area contributed by atoms with Gasteiger partial charge in [-0.2, -0.15) is 0 Å². The number of alkyl carbamates (subject to hydrolysis) is 1. The van der Waals surface area contributed by atoms with Crippen LogP contribution in [0.3, 0.4) is 0 Å². The Morgan fingerprint density at radius 2 is 1.68 bits per heavy atom. The molecule has 0 radical (unpaired) electrons. The minimum absolute atomic E-state index is 0.120. The van der Waals surface area contributed by atoms with Gasteiger partial charge in [0.25, 0.3) is 0 Å². The van der Waals surface area contributed by atoms with E-state index in [4.69, 9.17) is 0 Å². The fourth-order valence-electron chi connectivity index (χ4n) is 1.49. The van der Waals surface area contributed by atoms with E-state index >= 15 is 0 Å². The Kier molecular flexibility index (Phi) is 6.89. The summed E-state index contributed by atoms with van der Waals surface area (Å²) in [7, 11) is 4.26. The molecule has 0 aliphatic heterocycles. The molecule has 0 heterocycles. The maximum Gasteiger partial charge on any atom is 0.407 e. The molecule has 0 saturated carbocycles. The zero-order valence-electron chi connectivity index (χ0n) is 12.3. The van der Waals surface area contributed by atoms with Crippen LogP contribution in [0.25, 0.3) is 0 Å². The highest BCUT2D eigenvalue weighted by Gasteiger charge is 2.31. The van der Waals surface area contributed by atoms with Gasteiger partial charge in [0.1, 0.15) is 12.1 Å². The van der Waals surface area contributed by atoms with Crippen molar-refractivity contribution >= 4 is 17.9 Å². The van der Waals surface area contributed by atoms with Crippen LogP contribution in [0.5, 0.6) is 0 Å². The van der Waals surface area contributed by atoms with Crippen molar-refractivity contribution in [2.24, 2.45) is 5.92 Å². The number of carbonyl (C=O) groups is 3. The molecule has 0 bridgehead atoms. The molecule has 0 aliphatic rings. The lowest BCUT2D eigenvalue weighted by molar-refractivity contribution is -0.140. The number of rotatable bonds is 5. The zero-order valence-corrected chi connectivity index (χ0v) is 12.3. The number of ether oxygens (including phenoxy) is 1. The van der Waals surface area contributed by atoms with E-state index in [1.165, 1.54) is 26.1 Å². The monoisotopic (exact) mass is 273 g/mol. The molecule has 2 atom stereocenters. The second kappa shape index (κ2) is 7.60. The van der Waals surface area contributed by atoms with Crippen LogP contribution in [0, 0.1) is 5.92 Å². The SMILES string of the molecule is CNC(=O)[C@H](C)N(C)C(=O)[C@@H](NC(=O)OC)C(C)C. The van der Waals surface area contributed by atoms with Crippen LogP contribution in [0.1, 0.15) is 20.8 Å². The third kappa shape index (κ3) is 4.76. The van der Waals surface area contributed by atoms with Crippen molar-refractivity contribution in [2.45, 2.75) is 32.9 Å². The number of nitrogens with one attached hydrogen (secondary N) is 2. The van der Waals surface area contributed by atoms with E-state index in [1.807, 2.05) is 0 Å². The number of likely N-dealkylation sites (N-methyl/N-ethyl adjacent to an activating group) is 2. The van der Waals surface area contributed by atoms with Crippen molar-refractivity contribution in [1.82, 2.24) is 15.5 Å². The smallest absolute Gasteiger partial charge is 0.407 e. The van der Waals surface area contributed by atoms with Crippen molar-refractivity contribution in [2.75, 3.05) is 21.2 Å². The largest absolute Gasteiger partial charge is 0.453 e. The fraction of sp³-hybridized carbons (Fsp3) is 0.750. The summed E-state index contributed by atoms with van der Waals surface area (Å²) in [6, 6.07) is -1.34. The van der Waals surface area contributed by atoms with Gasteiger partial charge in [-0.05, 0) is 12.8 Å². The number of nitrogens with zero attached hydrogens (tertiary/aromatic N) is 1. The summed E-state index contributed by atoms with van der Waals surface area (Å²) in [6.07, 6.45) is -0.673. The molecule has 0 aliphatic carbocycles. The molecule has 7 heteroatoms. The second-order valence-corrected chi connectivity index (χ2v) is 4.60. The predicted octanol–water partition coefficient (Wildman–Crippen LogP) is -0.0401. The van der Waals surface area contributed by atoms with E-state index in [-0.39, 0.29) is 17.7 Å². The quantitative estimate of drug-likeness (QED) is 0.735. The molecule has 0 fully saturated rings. The Morgan fingerprint density at radius 1 is 1.16 bits per heavy atom. The topological polar surface area (TPSA) is 87.7 Å². The summed E-state index contributed by atoms with van der Waals surface area (Å²) in [5, 5.41) is 4.95. The van der Waals surface area contributed by atoms with Crippen LogP contribution in [-0.2, 0) is 14.3 Å². The molecule has 2 N–H and O–H groups in total. The van der Waals surface area contributed by atoms with Crippen LogP contribution >= 0.6 is 0 Å². The molecule has 0 spiro atoms. The first-order valence-electron chi connectivity index (χ1n) is 6.09. The van der Waals surface area contributed by atoms with Crippen LogP contribution in [-0.4, -0.2) is 56.1 Å². The van der Waals surface area contributed by atoms with Gasteiger partial charge in [-0.15, -0.1) is 0 Å². The summed E-state index contributed by atoms with van der Waals surface area (Å²) in [5.74, 6) is -0.723. The summed E-state index contributed by atoms with van der Waals surface area (Å²) in [4.78, 5) is 36.3. The number of carbonyl (C=O) groups excluding carboxylic acids is 3. The molecule has 19 heavy (non-hydrogen) atoms. The van der Waals surface area contributed by atoms with Crippen molar-refractivity contribution in [3.8, 4) is 0 Å². The lowest BCUT2D eigenvalue weighted by Crippen LogP contribution is -2.54. The normalized spacial score (nSPS) is 13.4. The van der Waals surface area contributed by atoms with Gasteiger partial charge in [0, 0.05) is 14.1 Å². The first-order valence-corrected chi connectivity index (χ1v) is 6.09. The van der Waals surface area contributed by atoms with Gasteiger partial charge < -0.3 is 20.3 Å². The van der Waals surface area contributed by atoms with E-state index in [1.54, 1.807) is 20.8 Å². The van der Waals surface area contributed by atoms with Crippen LogP contribution in [0.15, 0.2) is 0 Å². The van der Waals surface area contributed by atoms with E-state index < -0.39 is 18.2 Å². The van der Waals surface area contributed by atoms with Gasteiger partial charge in [-0.1, -0.05) is 13.8 Å². The van der Waals surface area contributed by atoms with Crippen molar-refractivity contribution in [3.05, 3.63) is 0 Å². The fourth-order valence-corrected chi connectivity index (χ4v) is 1.49. The molecule has 7 nitrogen and oxygen atoms in total. The van der Waals surface area contributed by atoms with Gasteiger partial charge >= 0.3 is 6.09 Å². The summed E-state index contributed by atoms with van der Waals surface area (Å²) in [5.41, 5.74) is 0. The Hall–Kier alpha value is -1.79. The molecule has 0 aromatic heterocycles. The molecule has 0 saturated heterocycles. The lowest BCUT2D eigenvalue weighted by Gasteiger charge is -2.29. The molecule has 0 aromatic rings. The molecular formula is C12H23N3O4. The van der Waals surface area contributed by atoms with E-state index in [2.05, 4.69) is 15.4 Å². The average molecular weight is 273 g/mol. The highest BCUT2D eigenvalue weighted by atomic mass is 16.5. The van der Waals surface area contributed by atoms with Crippen LogP contribution in [0.2, 0.25) is 0 Å². The van der Waals surface area contributed by atoms with E-state index in [0.29, 0.717) is 0 Å². The standard InChI is InChI=1S/C12H23N3O4/c1-7(2)9(14-12(18)19-6)11(17)15(5)8(3)10(16)13-4/h7-9H,1-6H3,(H,13,16)(H,14,18)/t8-,9-/m0/s1. The second-order valence-electron chi connectivity index (χ2n) is 4.60. The van der Waals surface area contributed by atoms with Crippen molar-refractivity contribution < 1.29 is 19.1 Å². The Bertz CT molecular complexity index is 344. The lowest BCUT2D eigenvalue weighted by atomic mass is 10.0. The molecule has 0 unspecified atom stereocenters. The molecule has 110 valence electrons. The number of hydrogen-bond acceptors (Lipinski definition) is 4. The molecule has 0 aromatic carbocycles. The van der Waals surface area contributed by atoms with Crippen molar-refractivity contribution in [3.63, 3.8) is 0 Å². The maximum absolute atomic E-state index is 12.3. The van der Waals surface area contributed by atoms with Crippen LogP contribution < -0.4 is 10.6 Å². The minimum atomic E-state index is -0.732. The third-order valence-electron chi connectivity index (χ3n) is 2.95. The van der Waals surface area contributed by atoms with E-state index in [0.717, 1.165) is 0 Å². The van der Waals surface area contributed by atoms with Gasteiger partial charge in [0.05, 0.1) is 7.11 Å². The summed E-state index contributed by atoms with van der Waals surface area (Å²) >= 11 is 0. The maximum atomic E-state index is 12.3. The van der Waals surface area contributed by atoms with E-state index in [9.17, 15) is 14.4 Å². The highest BCUT2D eigenvalue weighted by Crippen LogP contribution is 2.08. The number of amides is 3. The Labute approximate surface area is 113 Å². The van der Waals surface area contributed by atoms with Gasteiger partial charge in [-0.25, -0.2) is 4.79 Å². The average Bonchev–Trinajstić information content (AvgIpc) is 2.40. The first kappa shape index (κ1) is 17.2. The van der Waals surface area contributed by atoms with Gasteiger partial charge in [0.2, 0.25) is 11.8 Å². The van der Waals surface area contributed by atoms with Gasteiger partial charge in [-0.3, -0.25) is 9.59 Å². The summed E-state index contributed by atoms with van der Waals surface area (Å²) in [6.45, 7) is 5.22. The molecular weight excluding hydrogens is 250 g/mol. The predicted molar refractivity (Wildman–Crippen MR) is 70.5 cm³/mol. The number of hydrogen-bond donors (Lipinski definition) is 2. The van der Waals surface area contributed by atoms with Crippen molar-refractivity contribution in [1.29, 1.82) is 0 Å². The Balaban J connectivity index is 4.89. The van der Waals surface area contributed by atoms with Crippen LogP contribution in [0.4, 0.5) is 4.79 Å². The highest BCUT2D eigenvalue weighted by molar-refractivity contribution is 5.91. The number of methoxy groups -OCH3 is 1. The zero-order chi connectivity index (χ0) is 15.2. The first-order chi connectivity index (χ1) is 8.76. The molecule has 3 amide bonds. The molecule has 0 rings (SSSR count). The van der Waals surface area contributed by atoms with Gasteiger partial charge in [0.15, 0.2) is 0 Å². The minimum Gasteiger partial charge on any atom is -0.453 e.